The SMILES string of the molecule is O=C1Nc2ccccc2C1=Nc1cccnc1. The van der Waals surface area contributed by atoms with Crippen LogP contribution in [0.5, 0.6) is 0 Å². The third kappa shape index (κ3) is 1.69. The number of nitrogens with one attached hydrogen (secondary N) is 1. The highest BCUT2D eigenvalue weighted by Crippen LogP contribution is 2.24. The van der Waals surface area contributed by atoms with Crippen LogP contribution in [0, 0.1) is 0 Å². The molecule has 1 aliphatic rings. The Morgan fingerprint density at radius 3 is 2.82 bits per heavy atom. The average molecular weight is 223 g/mol. The number of aromatic nitrogens is 1. The second-order valence-corrected chi connectivity index (χ2v) is 3.67. The van der Waals surface area contributed by atoms with Crippen LogP contribution in [-0.4, -0.2) is 16.6 Å². The highest BCUT2D eigenvalue weighted by Gasteiger charge is 2.25. The molecule has 0 saturated carbocycles. The topological polar surface area (TPSA) is 54.4 Å². The molecular formula is C13H9N3O. The molecule has 2 aromatic rings. The van der Waals surface area contributed by atoms with Gasteiger partial charge in [-0.1, -0.05) is 18.2 Å². The van der Waals surface area contributed by atoms with E-state index in [9.17, 15) is 4.79 Å². The van der Waals surface area contributed by atoms with E-state index in [0.29, 0.717) is 11.4 Å². The van der Waals surface area contributed by atoms with Gasteiger partial charge in [-0.15, -0.1) is 0 Å². The number of amides is 1. The number of anilines is 1. The Balaban J connectivity index is 2.10. The summed E-state index contributed by atoms with van der Waals surface area (Å²) in [7, 11) is 0. The van der Waals surface area contributed by atoms with Crippen molar-refractivity contribution >= 4 is 23.0 Å². The molecule has 1 aromatic carbocycles. The van der Waals surface area contributed by atoms with E-state index in [0.717, 1.165) is 11.3 Å². The molecule has 1 aromatic heterocycles. The second kappa shape index (κ2) is 3.83. The van der Waals surface area contributed by atoms with Crippen LogP contribution < -0.4 is 5.32 Å². The van der Waals surface area contributed by atoms with Crippen molar-refractivity contribution in [2.75, 3.05) is 5.32 Å². The predicted molar refractivity (Wildman–Crippen MR) is 65.5 cm³/mol. The van der Waals surface area contributed by atoms with Crippen molar-refractivity contribution in [3.63, 3.8) is 0 Å². The number of carbonyl (C=O) groups excluding carboxylic acids is 1. The zero-order valence-corrected chi connectivity index (χ0v) is 8.92. The monoisotopic (exact) mass is 223 g/mol. The van der Waals surface area contributed by atoms with Crippen LogP contribution in [0.4, 0.5) is 11.4 Å². The van der Waals surface area contributed by atoms with E-state index < -0.39 is 0 Å². The van der Waals surface area contributed by atoms with Crippen LogP contribution in [0.1, 0.15) is 5.56 Å². The Labute approximate surface area is 98.0 Å². The van der Waals surface area contributed by atoms with Gasteiger partial charge in [0.15, 0.2) is 0 Å². The maximum Gasteiger partial charge on any atom is 0.275 e. The van der Waals surface area contributed by atoms with Gasteiger partial charge in [-0.2, -0.15) is 0 Å². The molecule has 1 N–H and O–H groups in total. The van der Waals surface area contributed by atoms with Crippen molar-refractivity contribution in [3.8, 4) is 0 Å². The molecule has 1 aliphatic heterocycles. The van der Waals surface area contributed by atoms with E-state index in [4.69, 9.17) is 0 Å². The first-order valence-electron chi connectivity index (χ1n) is 5.24. The number of aliphatic imine (C=N–C) groups is 1. The fourth-order valence-corrected chi connectivity index (χ4v) is 1.76. The Morgan fingerprint density at radius 2 is 2.00 bits per heavy atom. The molecule has 0 saturated heterocycles. The normalized spacial score (nSPS) is 15.8. The molecule has 0 fully saturated rings. The quantitative estimate of drug-likeness (QED) is 0.805. The summed E-state index contributed by atoms with van der Waals surface area (Å²) in [5.41, 5.74) is 2.75. The van der Waals surface area contributed by atoms with E-state index in [1.54, 1.807) is 18.5 Å². The minimum Gasteiger partial charge on any atom is -0.320 e. The lowest BCUT2D eigenvalue weighted by Gasteiger charge is -1.96. The summed E-state index contributed by atoms with van der Waals surface area (Å²) in [5, 5.41) is 2.78. The predicted octanol–water partition coefficient (Wildman–Crippen LogP) is 2.15. The molecule has 4 nitrogen and oxygen atoms in total. The first-order chi connectivity index (χ1) is 8.34. The van der Waals surface area contributed by atoms with Gasteiger partial charge < -0.3 is 5.32 Å². The van der Waals surface area contributed by atoms with Crippen molar-refractivity contribution < 1.29 is 4.79 Å². The lowest BCUT2D eigenvalue weighted by Crippen LogP contribution is -2.13. The van der Waals surface area contributed by atoms with Crippen molar-refractivity contribution in [2.45, 2.75) is 0 Å². The van der Waals surface area contributed by atoms with E-state index in [1.807, 2.05) is 30.3 Å². The highest BCUT2D eigenvalue weighted by molar-refractivity contribution is 6.54. The molecule has 0 bridgehead atoms. The van der Waals surface area contributed by atoms with Gasteiger partial charge in [-0.25, -0.2) is 4.99 Å². The molecule has 0 atom stereocenters. The summed E-state index contributed by atoms with van der Waals surface area (Å²) < 4.78 is 0. The standard InChI is InChI=1S/C13H9N3O/c17-13-12(15-9-4-3-7-14-8-9)10-5-1-2-6-11(10)16-13/h1-8H,(H,15,16,17). The molecule has 17 heavy (non-hydrogen) atoms. The van der Waals surface area contributed by atoms with Gasteiger partial charge in [-0.05, 0) is 18.2 Å². The maximum absolute atomic E-state index is 11.8. The van der Waals surface area contributed by atoms with Gasteiger partial charge in [0.1, 0.15) is 5.71 Å². The molecule has 3 rings (SSSR count). The smallest absolute Gasteiger partial charge is 0.275 e. The summed E-state index contributed by atoms with van der Waals surface area (Å²) in [6.45, 7) is 0. The van der Waals surface area contributed by atoms with Crippen molar-refractivity contribution in [1.82, 2.24) is 4.98 Å². The largest absolute Gasteiger partial charge is 0.320 e. The van der Waals surface area contributed by atoms with Crippen molar-refractivity contribution in [3.05, 3.63) is 54.4 Å². The summed E-state index contributed by atoms with van der Waals surface area (Å²) in [6, 6.07) is 11.1. The van der Waals surface area contributed by atoms with Crippen LogP contribution in [0.15, 0.2) is 53.8 Å². The Morgan fingerprint density at radius 1 is 1.12 bits per heavy atom. The molecule has 0 radical (unpaired) electrons. The Bertz CT molecular complexity index is 605. The number of pyridine rings is 1. The van der Waals surface area contributed by atoms with Gasteiger partial charge in [0.05, 0.1) is 17.6 Å². The minimum atomic E-state index is -0.171. The third-order valence-electron chi connectivity index (χ3n) is 2.53. The Kier molecular flexibility index (Phi) is 2.19. The molecular weight excluding hydrogens is 214 g/mol. The molecule has 0 unspecified atom stereocenters. The summed E-state index contributed by atoms with van der Waals surface area (Å²) in [5.74, 6) is -0.171. The van der Waals surface area contributed by atoms with Crippen LogP contribution in [0.3, 0.4) is 0 Å². The van der Waals surface area contributed by atoms with Crippen molar-refractivity contribution in [1.29, 1.82) is 0 Å². The first kappa shape index (κ1) is 9.72. The zero-order valence-electron chi connectivity index (χ0n) is 8.92. The van der Waals surface area contributed by atoms with E-state index in [-0.39, 0.29) is 5.91 Å². The maximum atomic E-state index is 11.8. The molecule has 0 spiro atoms. The van der Waals surface area contributed by atoms with Gasteiger partial charge in [-0.3, -0.25) is 9.78 Å². The number of nitrogens with zero attached hydrogens (tertiary/aromatic N) is 2. The number of carbonyl (C=O) groups is 1. The molecule has 2 heterocycles. The number of fused-ring (bicyclic) bond motifs is 1. The lowest BCUT2D eigenvalue weighted by molar-refractivity contribution is -0.110. The van der Waals surface area contributed by atoms with Gasteiger partial charge in [0.2, 0.25) is 0 Å². The van der Waals surface area contributed by atoms with Crippen LogP contribution >= 0.6 is 0 Å². The summed E-state index contributed by atoms with van der Waals surface area (Å²) in [6.07, 6.45) is 3.30. The number of hydrogen-bond donors (Lipinski definition) is 1. The third-order valence-corrected chi connectivity index (χ3v) is 2.53. The minimum absolute atomic E-state index is 0.171. The van der Waals surface area contributed by atoms with Crippen LogP contribution in [0.2, 0.25) is 0 Å². The number of benzene rings is 1. The van der Waals surface area contributed by atoms with Crippen molar-refractivity contribution in [2.24, 2.45) is 4.99 Å². The highest BCUT2D eigenvalue weighted by atomic mass is 16.2. The van der Waals surface area contributed by atoms with E-state index >= 15 is 0 Å². The Hall–Kier alpha value is -2.49. The van der Waals surface area contributed by atoms with Gasteiger partial charge in [0, 0.05) is 11.8 Å². The van der Waals surface area contributed by atoms with Crippen LogP contribution in [0.25, 0.3) is 0 Å². The summed E-state index contributed by atoms with van der Waals surface area (Å²) >= 11 is 0. The lowest BCUT2D eigenvalue weighted by atomic mass is 10.1. The molecule has 1 amide bonds. The average Bonchev–Trinajstić information content (AvgIpc) is 2.68. The van der Waals surface area contributed by atoms with Gasteiger partial charge in [0.25, 0.3) is 5.91 Å². The fraction of sp³-hybridized carbons (Fsp3) is 0. The molecule has 0 aliphatic carbocycles. The van der Waals surface area contributed by atoms with E-state index in [2.05, 4.69) is 15.3 Å². The van der Waals surface area contributed by atoms with Gasteiger partial charge >= 0.3 is 0 Å². The number of para-hydroxylation sites is 1. The number of hydrogen-bond acceptors (Lipinski definition) is 3. The zero-order chi connectivity index (χ0) is 11.7. The first-order valence-corrected chi connectivity index (χ1v) is 5.24. The number of rotatable bonds is 1. The fourth-order valence-electron chi connectivity index (χ4n) is 1.76. The van der Waals surface area contributed by atoms with E-state index in [1.165, 1.54) is 0 Å². The molecule has 4 heteroatoms. The summed E-state index contributed by atoms with van der Waals surface area (Å²) in [4.78, 5) is 20.1. The second-order valence-electron chi connectivity index (χ2n) is 3.67. The van der Waals surface area contributed by atoms with Crippen LogP contribution in [-0.2, 0) is 4.79 Å². The molecule has 82 valence electrons.